The number of fused-ring (bicyclic) bond motifs is 1. The quantitative estimate of drug-likeness (QED) is 0.735. The third-order valence-corrected chi connectivity index (χ3v) is 3.58. The molecule has 0 spiro atoms. The summed E-state index contributed by atoms with van der Waals surface area (Å²) in [6.07, 6.45) is 3.49. The Kier molecular flexibility index (Phi) is 3.84. The summed E-state index contributed by atoms with van der Waals surface area (Å²) in [4.78, 5) is 16.4. The molecule has 0 fully saturated rings. The number of amides is 1. The largest absolute Gasteiger partial charge is 0.321 e. The fraction of sp³-hybridized carbons (Fsp3) is 0.0588. The van der Waals surface area contributed by atoms with Crippen molar-refractivity contribution in [2.24, 2.45) is 0 Å². The molecule has 0 aliphatic carbocycles. The van der Waals surface area contributed by atoms with Gasteiger partial charge >= 0.3 is 0 Å². The molecule has 0 radical (unpaired) electrons. The number of hydrogen-bond donors (Lipinski definition) is 1. The molecule has 3 rings (SSSR count). The van der Waals surface area contributed by atoms with E-state index >= 15 is 0 Å². The lowest BCUT2D eigenvalue weighted by Gasteiger charge is -2.09. The molecule has 2 aromatic carbocycles. The fourth-order valence-corrected chi connectivity index (χ4v) is 2.39. The molecule has 1 aromatic heterocycles. The van der Waals surface area contributed by atoms with Gasteiger partial charge in [0.05, 0.1) is 0 Å². The minimum absolute atomic E-state index is 0.147. The Morgan fingerprint density at radius 3 is 2.86 bits per heavy atom. The Balaban J connectivity index is 1.93. The Hall–Kier alpha value is -2.39. The molecule has 0 aliphatic heterocycles. The molecular weight excluding hydrogens is 284 g/mol. The zero-order chi connectivity index (χ0) is 14.7. The Morgan fingerprint density at radius 2 is 2.00 bits per heavy atom. The number of nitrogens with one attached hydrogen (secondary N) is 1. The van der Waals surface area contributed by atoms with Crippen LogP contribution in [0.2, 0.25) is 0 Å². The molecule has 21 heavy (non-hydrogen) atoms. The van der Waals surface area contributed by atoms with Crippen LogP contribution in [0.4, 0.5) is 5.69 Å². The van der Waals surface area contributed by atoms with Gasteiger partial charge in [-0.15, -0.1) is 11.6 Å². The molecule has 3 nitrogen and oxygen atoms in total. The molecule has 1 amide bonds. The van der Waals surface area contributed by atoms with Crippen molar-refractivity contribution < 1.29 is 4.79 Å². The van der Waals surface area contributed by atoms with E-state index in [1.807, 2.05) is 36.4 Å². The lowest BCUT2D eigenvalue weighted by molar-refractivity contribution is 0.102. The van der Waals surface area contributed by atoms with Crippen molar-refractivity contribution in [3.8, 4) is 0 Å². The number of alkyl halides is 1. The fourth-order valence-electron chi connectivity index (χ4n) is 2.22. The first-order valence-corrected chi connectivity index (χ1v) is 7.10. The first-order valence-electron chi connectivity index (χ1n) is 6.57. The minimum Gasteiger partial charge on any atom is -0.321 e. The highest BCUT2D eigenvalue weighted by atomic mass is 35.5. The normalized spacial score (nSPS) is 10.5. The van der Waals surface area contributed by atoms with E-state index in [0.29, 0.717) is 11.4 Å². The Bertz CT molecular complexity index is 796. The summed E-state index contributed by atoms with van der Waals surface area (Å²) in [7, 11) is 0. The summed E-state index contributed by atoms with van der Waals surface area (Å²) in [5, 5.41) is 4.90. The second-order valence-corrected chi connectivity index (χ2v) is 4.96. The van der Waals surface area contributed by atoms with Crippen molar-refractivity contribution in [1.82, 2.24) is 4.98 Å². The number of benzene rings is 2. The predicted molar refractivity (Wildman–Crippen MR) is 85.7 cm³/mol. The van der Waals surface area contributed by atoms with Gasteiger partial charge in [-0.3, -0.25) is 9.78 Å². The third kappa shape index (κ3) is 2.88. The molecular formula is C17H13ClN2O. The maximum absolute atomic E-state index is 12.4. The summed E-state index contributed by atoms with van der Waals surface area (Å²) in [5.41, 5.74) is 2.29. The molecule has 0 saturated heterocycles. The molecule has 4 heteroatoms. The van der Waals surface area contributed by atoms with Crippen LogP contribution in [0.5, 0.6) is 0 Å². The molecule has 0 unspecified atom stereocenters. The standard InChI is InChI=1S/C17H13ClN2O/c18-10-12-3-1-4-13(9-12)17(21)20-16-6-2-5-14-11-19-8-7-15(14)16/h1-9,11H,10H2,(H,20,21). The highest BCUT2D eigenvalue weighted by molar-refractivity contribution is 6.17. The maximum atomic E-state index is 12.4. The van der Waals surface area contributed by atoms with Crippen molar-refractivity contribution in [3.63, 3.8) is 0 Å². The molecule has 1 N–H and O–H groups in total. The van der Waals surface area contributed by atoms with Gasteiger partial charge in [0.15, 0.2) is 0 Å². The van der Waals surface area contributed by atoms with Gasteiger partial charge in [0.25, 0.3) is 5.91 Å². The number of halogens is 1. The minimum atomic E-state index is -0.147. The number of aromatic nitrogens is 1. The predicted octanol–water partition coefficient (Wildman–Crippen LogP) is 4.23. The molecule has 0 bridgehead atoms. The molecule has 0 aliphatic rings. The third-order valence-electron chi connectivity index (χ3n) is 3.27. The van der Waals surface area contributed by atoms with Crippen molar-refractivity contribution in [2.45, 2.75) is 5.88 Å². The van der Waals surface area contributed by atoms with Crippen LogP contribution in [-0.4, -0.2) is 10.9 Å². The molecule has 1 heterocycles. The number of hydrogen-bond acceptors (Lipinski definition) is 2. The van der Waals surface area contributed by atoms with Gasteiger partial charge in [0.2, 0.25) is 0 Å². The summed E-state index contributed by atoms with van der Waals surface area (Å²) in [6.45, 7) is 0. The smallest absolute Gasteiger partial charge is 0.255 e. The van der Waals surface area contributed by atoms with Gasteiger partial charge in [0, 0.05) is 40.3 Å². The monoisotopic (exact) mass is 296 g/mol. The number of carbonyl (C=O) groups excluding carboxylic acids is 1. The van der Waals surface area contributed by atoms with Gasteiger partial charge in [0.1, 0.15) is 0 Å². The van der Waals surface area contributed by atoms with Gasteiger partial charge in [-0.1, -0.05) is 24.3 Å². The van der Waals surface area contributed by atoms with E-state index in [4.69, 9.17) is 11.6 Å². The number of anilines is 1. The SMILES string of the molecule is O=C(Nc1cccc2cnccc12)c1cccc(CCl)c1. The first-order chi connectivity index (χ1) is 10.3. The van der Waals surface area contributed by atoms with Crippen LogP contribution in [0, 0.1) is 0 Å². The van der Waals surface area contributed by atoms with E-state index in [0.717, 1.165) is 22.0 Å². The van der Waals surface area contributed by atoms with Crippen LogP contribution in [0.1, 0.15) is 15.9 Å². The summed E-state index contributed by atoms with van der Waals surface area (Å²) < 4.78 is 0. The number of carbonyl (C=O) groups is 1. The van der Waals surface area contributed by atoms with Crippen molar-refractivity contribution >= 4 is 34.0 Å². The van der Waals surface area contributed by atoms with E-state index in [1.54, 1.807) is 24.5 Å². The average molecular weight is 297 g/mol. The van der Waals surface area contributed by atoms with Gasteiger partial charge in [-0.25, -0.2) is 0 Å². The maximum Gasteiger partial charge on any atom is 0.255 e. The zero-order valence-electron chi connectivity index (χ0n) is 11.2. The van der Waals surface area contributed by atoms with Gasteiger partial charge in [-0.05, 0) is 29.8 Å². The molecule has 3 aromatic rings. The molecule has 104 valence electrons. The summed E-state index contributed by atoms with van der Waals surface area (Å²) in [5.74, 6) is 0.243. The molecule has 0 saturated carbocycles. The molecule has 0 atom stereocenters. The second kappa shape index (κ2) is 5.94. The average Bonchev–Trinajstić information content (AvgIpc) is 2.55. The number of rotatable bonds is 3. The van der Waals surface area contributed by atoms with Crippen LogP contribution in [-0.2, 0) is 5.88 Å². The lowest BCUT2D eigenvalue weighted by Crippen LogP contribution is -2.12. The summed E-state index contributed by atoms with van der Waals surface area (Å²) >= 11 is 5.80. The van der Waals surface area contributed by atoms with Crippen LogP contribution in [0.3, 0.4) is 0 Å². The van der Waals surface area contributed by atoms with E-state index in [1.165, 1.54) is 0 Å². The van der Waals surface area contributed by atoms with Crippen molar-refractivity contribution in [2.75, 3.05) is 5.32 Å². The number of nitrogens with zero attached hydrogens (tertiary/aromatic N) is 1. The van der Waals surface area contributed by atoms with Gasteiger partial charge in [-0.2, -0.15) is 0 Å². The van der Waals surface area contributed by atoms with Crippen LogP contribution < -0.4 is 5.32 Å². The Morgan fingerprint density at radius 1 is 1.14 bits per heavy atom. The van der Waals surface area contributed by atoms with Gasteiger partial charge < -0.3 is 5.32 Å². The first kappa shape index (κ1) is 13.6. The Labute approximate surface area is 127 Å². The van der Waals surface area contributed by atoms with Crippen LogP contribution in [0.15, 0.2) is 60.9 Å². The van der Waals surface area contributed by atoms with E-state index in [9.17, 15) is 4.79 Å². The second-order valence-electron chi connectivity index (χ2n) is 4.69. The lowest BCUT2D eigenvalue weighted by atomic mass is 10.1. The summed E-state index contributed by atoms with van der Waals surface area (Å²) in [6, 6.07) is 14.9. The zero-order valence-corrected chi connectivity index (χ0v) is 12.0. The number of pyridine rings is 1. The highest BCUT2D eigenvalue weighted by Crippen LogP contribution is 2.22. The van der Waals surface area contributed by atoms with Crippen molar-refractivity contribution in [3.05, 3.63) is 72.1 Å². The van der Waals surface area contributed by atoms with Crippen molar-refractivity contribution in [1.29, 1.82) is 0 Å². The van der Waals surface area contributed by atoms with Crippen LogP contribution in [0.25, 0.3) is 10.8 Å². The van der Waals surface area contributed by atoms with E-state index in [2.05, 4.69) is 10.3 Å². The topological polar surface area (TPSA) is 42.0 Å². The van der Waals surface area contributed by atoms with Crippen LogP contribution >= 0.6 is 11.6 Å². The van der Waals surface area contributed by atoms with E-state index < -0.39 is 0 Å². The van der Waals surface area contributed by atoms with E-state index in [-0.39, 0.29) is 5.91 Å². The highest BCUT2D eigenvalue weighted by Gasteiger charge is 2.08.